The third-order valence-corrected chi connectivity index (χ3v) is 3.48. The summed E-state index contributed by atoms with van der Waals surface area (Å²) < 4.78 is 50.2. The van der Waals surface area contributed by atoms with Crippen LogP contribution in [-0.2, 0) is 4.79 Å². The fourth-order valence-electron chi connectivity index (χ4n) is 2.34. The molecule has 0 spiro atoms. The van der Waals surface area contributed by atoms with Gasteiger partial charge in [0.2, 0.25) is 5.91 Å². The van der Waals surface area contributed by atoms with Crippen LogP contribution in [0.4, 0.5) is 17.6 Å². The number of piperazine rings is 1. The van der Waals surface area contributed by atoms with Gasteiger partial charge in [0, 0.05) is 26.2 Å². The lowest BCUT2D eigenvalue weighted by molar-refractivity contribution is -0.148. The Balaban J connectivity index is 0. The number of amides is 1. The minimum absolute atomic E-state index is 0. The molecule has 0 aromatic carbocycles. The number of hydrogen-bond donors (Lipinski definition) is 1. The van der Waals surface area contributed by atoms with Crippen molar-refractivity contribution < 1.29 is 22.4 Å². The van der Waals surface area contributed by atoms with Crippen molar-refractivity contribution in [3.8, 4) is 0 Å². The summed E-state index contributed by atoms with van der Waals surface area (Å²) in [5, 5.41) is 0. The lowest BCUT2D eigenvalue weighted by Crippen LogP contribution is -2.55. The molecule has 0 aromatic rings. The number of halogens is 6. The fraction of sp³-hybridized carbons (Fsp3) is 0.923. The van der Waals surface area contributed by atoms with Crippen molar-refractivity contribution in [1.82, 2.24) is 9.80 Å². The van der Waals surface area contributed by atoms with Crippen LogP contribution in [0.5, 0.6) is 0 Å². The predicted molar refractivity (Wildman–Crippen MR) is 85.9 cm³/mol. The third-order valence-electron chi connectivity index (χ3n) is 3.48. The molecule has 10 heteroatoms. The van der Waals surface area contributed by atoms with Crippen LogP contribution >= 0.6 is 24.8 Å². The Morgan fingerprint density at radius 2 is 1.61 bits per heavy atom. The summed E-state index contributed by atoms with van der Waals surface area (Å²) in [7, 11) is 0. The van der Waals surface area contributed by atoms with Crippen LogP contribution < -0.4 is 5.73 Å². The van der Waals surface area contributed by atoms with Gasteiger partial charge < -0.3 is 10.6 Å². The van der Waals surface area contributed by atoms with E-state index in [0.29, 0.717) is 6.42 Å². The summed E-state index contributed by atoms with van der Waals surface area (Å²) >= 11 is 0. The number of nitrogens with two attached hydrogens (primary N) is 1. The second kappa shape index (κ2) is 10.5. The van der Waals surface area contributed by atoms with Crippen molar-refractivity contribution in [2.24, 2.45) is 11.7 Å². The summed E-state index contributed by atoms with van der Waals surface area (Å²) in [6.07, 6.45) is -3.11. The molecule has 1 saturated heterocycles. The molecule has 1 amide bonds. The normalized spacial score (nSPS) is 17.7. The average molecular weight is 386 g/mol. The fourth-order valence-corrected chi connectivity index (χ4v) is 2.34. The molecule has 0 bridgehead atoms. The van der Waals surface area contributed by atoms with Crippen molar-refractivity contribution in [3.63, 3.8) is 0 Å². The van der Waals surface area contributed by atoms with Crippen LogP contribution in [-0.4, -0.2) is 66.8 Å². The van der Waals surface area contributed by atoms with Gasteiger partial charge in [-0.3, -0.25) is 9.69 Å². The van der Waals surface area contributed by atoms with Crippen molar-refractivity contribution in [2.75, 3.05) is 32.7 Å². The number of rotatable bonds is 6. The van der Waals surface area contributed by atoms with E-state index in [1.54, 1.807) is 0 Å². The Labute approximate surface area is 146 Å². The average Bonchev–Trinajstić information content (AvgIpc) is 2.37. The van der Waals surface area contributed by atoms with Gasteiger partial charge in [-0.15, -0.1) is 24.8 Å². The van der Waals surface area contributed by atoms with E-state index in [-0.39, 0.29) is 62.8 Å². The van der Waals surface area contributed by atoms with Gasteiger partial charge in [-0.2, -0.15) is 8.78 Å². The molecule has 1 rings (SSSR count). The molecular weight excluding hydrogens is 361 g/mol. The molecule has 1 atom stereocenters. The Bertz CT molecular complexity index is 354. The number of carbonyl (C=O) groups is 1. The van der Waals surface area contributed by atoms with Gasteiger partial charge in [-0.05, 0) is 12.3 Å². The first-order valence-corrected chi connectivity index (χ1v) is 7.06. The Kier molecular flexibility index (Phi) is 11.4. The molecule has 140 valence electrons. The second-order valence-electron chi connectivity index (χ2n) is 5.90. The van der Waals surface area contributed by atoms with E-state index in [1.807, 2.05) is 13.8 Å². The minimum atomic E-state index is -4.01. The molecule has 0 aromatic heterocycles. The molecule has 23 heavy (non-hydrogen) atoms. The van der Waals surface area contributed by atoms with Crippen molar-refractivity contribution in [2.45, 2.75) is 38.7 Å². The zero-order valence-corrected chi connectivity index (χ0v) is 14.8. The molecule has 1 aliphatic heterocycles. The maximum atomic E-state index is 13.0. The monoisotopic (exact) mass is 385 g/mol. The highest BCUT2D eigenvalue weighted by Gasteiger charge is 2.42. The van der Waals surface area contributed by atoms with Crippen LogP contribution in [0.1, 0.15) is 20.3 Å². The third kappa shape index (κ3) is 7.87. The number of alkyl halides is 4. The molecule has 0 saturated carbocycles. The summed E-state index contributed by atoms with van der Waals surface area (Å²) in [6, 6.07) is -0.598. The van der Waals surface area contributed by atoms with Gasteiger partial charge in [-0.25, -0.2) is 8.78 Å². The van der Waals surface area contributed by atoms with E-state index in [4.69, 9.17) is 5.73 Å². The van der Waals surface area contributed by atoms with E-state index < -0.39 is 24.9 Å². The number of carbonyl (C=O) groups excluding carboxylic acids is 1. The lowest BCUT2D eigenvalue weighted by Gasteiger charge is -2.37. The summed E-state index contributed by atoms with van der Waals surface area (Å²) in [5.41, 5.74) is 5.80. The summed E-state index contributed by atoms with van der Waals surface area (Å²) in [6.45, 7) is 3.72. The number of hydrogen-bond acceptors (Lipinski definition) is 3. The molecule has 4 nitrogen and oxygen atoms in total. The maximum Gasteiger partial charge on any atom is 0.319 e. The zero-order chi connectivity index (χ0) is 16.2. The Morgan fingerprint density at radius 1 is 1.13 bits per heavy atom. The highest BCUT2D eigenvalue weighted by molar-refractivity contribution is 5.85. The molecule has 0 radical (unpaired) electrons. The SMILES string of the molecule is CC(C)C[C@H](N)C(=O)N1CCN(CC(F)(F)C(F)F)CC1.Cl.Cl. The molecular formula is C13H25Cl2F4N3O. The van der Waals surface area contributed by atoms with Crippen LogP contribution in [0.3, 0.4) is 0 Å². The Hall–Kier alpha value is -0.310. The van der Waals surface area contributed by atoms with E-state index in [9.17, 15) is 22.4 Å². The topological polar surface area (TPSA) is 49.6 Å². The molecule has 1 fully saturated rings. The first-order valence-electron chi connectivity index (χ1n) is 7.06. The first kappa shape index (κ1) is 24.9. The van der Waals surface area contributed by atoms with Gasteiger partial charge in [0.25, 0.3) is 0 Å². The molecule has 0 aliphatic carbocycles. The van der Waals surface area contributed by atoms with Crippen LogP contribution in [0.25, 0.3) is 0 Å². The maximum absolute atomic E-state index is 13.0. The minimum Gasteiger partial charge on any atom is -0.339 e. The van der Waals surface area contributed by atoms with Crippen LogP contribution in [0, 0.1) is 5.92 Å². The van der Waals surface area contributed by atoms with Crippen molar-refractivity contribution in [3.05, 3.63) is 0 Å². The molecule has 1 aliphatic rings. The highest BCUT2D eigenvalue weighted by atomic mass is 35.5. The van der Waals surface area contributed by atoms with Gasteiger partial charge >= 0.3 is 12.3 Å². The van der Waals surface area contributed by atoms with E-state index in [0.717, 1.165) is 0 Å². The van der Waals surface area contributed by atoms with E-state index >= 15 is 0 Å². The van der Waals surface area contributed by atoms with E-state index in [1.165, 1.54) is 9.80 Å². The van der Waals surface area contributed by atoms with Gasteiger partial charge in [-0.1, -0.05) is 13.8 Å². The quantitative estimate of drug-likeness (QED) is 0.713. The highest BCUT2D eigenvalue weighted by Crippen LogP contribution is 2.24. The number of nitrogens with zero attached hydrogens (tertiary/aromatic N) is 2. The molecule has 0 unspecified atom stereocenters. The zero-order valence-electron chi connectivity index (χ0n) is 13.2. The smallest absolute Gasteiger partial charge is 0.319 e. The standard InChI is InChI=1S/C13H23F4N3O.2ClH/c1-9(2)7-10(18)11(21)20-5-3-19(4-6-20)8-13(16,17)12(14)15;;/h9-10,12H,3-8,18H2,1-2H3;2*1H/t10-;;/m0../s1. The predicted octanol–water partition coefficient (Wildman–Crippen LogP) is 2.25. The second-order valence-corrected chi connectivity index (χ2v) is 5.90. The lowest BCUT2D eigenvalue weighted by atomic mass is 10.0. The largest absolute Gasteiger partial charge is 0.339 e. The molecule has 1 heterocycles. The van der Waals surface area contributed by atoms with Crippen LogP contribution in [0.2, 0.25) is 0 Å². The van der Waals surface area contributed by atoms with Gasteiger partial charge in [0.05, 0.1) is 12.6 Å². The van der Waals surface area contributed by atoms with E-state index in [2.05, 4.69) is 0 Å². The van der Waals surface area contributed by atoms with Gasteiger partial charge in [0.15, 0.2) is 0 Å². The van der Waals surface area contributed by atoms with Gasteiger partial charge in [0.1, 0.15) is 0 Å². The summed E-state index contributed by atoms with van der Waals surface area (Å²) in [4.78, 5) is 14.8. The summed E-state index contributed by atoms with van der Waals surface area (Å²) in [5.74, 6) is -3.93. The Morgan fingerprint density at radius 3 is 2.00 bits per heavy atom. The van der Waals surface area contributed by atoms with Crippen molar-refractivity contribution in [1.29, 1.82) is 0 Å². The van der Waals surface area contributed by atoms with Crippen LogP contribution in [0.15, 0.2) is 0 Å². The first-order chi connectivity index (χ1) is 9.63. The molecule has 2 N–H and O–H groups in total. The van der Waals surface area contributed by atoms with Crippen molar-refractivity contribution >= 4 is 30.7 Å².